The Kier molecular flexibility index (Phi) is 5.51. The van der Waals surface area contributed by atoms with Gasteiger partial charge in [-0.1, -0.05) is 6.07 Å². The quantitative estimate of drug-likeness (QED) is 0.774. The first kappa shape index (κ1) is 15.2. The predicted molar refractivity (Wildman–Crippen MR) is 72.6 cm³/mol. The lowest BCUT2D eigenvalue weighted by Crippen LogP contribution is -2.17. The summed E-state index contributed by atoms with van der Waals surface area (Å²) >= 11 is 0. The van der Waals surface area contributed by atoms with E-state index in [9.17, 15) is 9.59 Å². The zero-order chi connectivity index (χ0) is 14.4. The third kappa shape index (κ3) is 4.37. The fourth-order valence-electron chi connectivity index (χ4n) is 1.81. The van der Waals surface area contributed by atoms with Crippen LogP contribution in [0.3, 0.4) is 0 Å². The van der Waals surface area contributed by atoms with Crippen LogP contribution in [0.15, 0.2) is 12.1 Å². The molecule has 0 bridgehead atoms. The molecule has 1 aromatic rings. The number of hydrogen-bond acceptors (Lipinski definition) is 3. The molecule has 0 aliphatic rings. The van der Waals surface area contributed by atoms with Gasteiger partial charge < -0.3 is 15.2 Å². The SMILES string of the molecule is CCOCCC(=O)Nc1c(C)cc(C)cc1C(=O)O. The normalized spacial score (nSPS) is 10.3. The van der Waals surface area contributed by atoms with Crippen LogP contribution in [0.2, 0.25) is 0 Å². The van der Waals surface area contributed by atoms with Crippen molar-refractivity contribution in [2.75, 3.05) is 18.5 Å². The van der Waals surface area contributed by atoms with E-state index in [4.69, 9.17) is 9.84 Å². The van der Waals surface area contributed by atoms with Crippen LogP contribution in [0, 0.1) is 13.8 Å². The summed E-state index contributed by atoms with van der Waals surface area (Å²) in [4.78, 5) is 22.9. The second-order valence-corrected chi connectivity index (χ2v) is 4.30. The first-order valence-corrected chi connectivity index (χ1v) is 6.17. The van der Waals surface area contributed by atoms with Crippen molar-refractivity contribution >= 4 is 17.6 Å². The number of aromatic carboxylic acids is 1. The molecule has 0 aliphatic heterocycles. The second kappa shape index (κ2) is 6.89. The molecule has 0 aliphatic carbocycles. The van der Waals surface area contributed by atoms with Gasteiger partial charge in [-0.25, -0.2) is 4.79 Å². The number of rotatable bonds is 6. The summed E-state index contributed by atoms with van der Waals surface area (Å²) in [6, 6.07) is 3.39. The summed E-state index contributed by atoms with van der Waals surface area (Å²) in [7, 11) is 0. The van der Waals surface area contributed by atoms with Crippen LogP contribution in [0.1, 0.15) is 34.8 Å². The van der Waals surface area contributed by atoms with Gasteiger partial charge in [-0.15, -0.1) is 0 Å². The highest BCUT2D eigenvalue weighted by Gasteiger charge is 2.15. The fraction of sp³-hybridized carbons (Fsp3) is 0.429. The minimum Gasteiger partial charge on any atom is -0.478 e. The molecule has 5 nitrogen and oxygen atoms in total. The first-order chi connectivity index (χ1) is 8.95. The number of nitrogens with one attached hydrogen (secondary N) is 1. The smallest absolute Gasteiger partial charge is 0.337 e. The van der Waals surface area contributed by atoms with Gasteiger partial charge in [-0.05, 0) is 38.0 Å². The fourth-order valence-corrected chi connectivity index (χ4v) is 1.81. The van der Waals surface area contributed by atoms with Gasteiger partial charge in [0.25, 0.3) is 0 Å². The van der Waals surface area contributed by atoms with E-state index in [0.717, 1.165) is 11.1 Å². The average Bonchev–Trinajstić information content (AvgIpc) is 2.32. The standard InChI is InChI=1S/C14H19NO4/c1-4-19-6-5-12(16)15-13-10(3)7-9(2)8-11(13)14(17)18/h7-8H,4-6H2,1-3H3,(H,15,16)(H,17,18). The number of carboxylic acid groups (broad SMARTS) is 1. The molecule has 0 fully saturated rings. The van der Waals surface area contributed by atoms with E-state index in [1.807, 2.05) is 19.9 Å². The van der Waals surface area contributed by atoms with Gasteiger partial charge in [0.2, 0.25) is 5.91 Å². The molecular formula is C14H19NO4. The molecule has 0 saturated heterocycles. The minimum absolute atomic E-state index is 0.113. The summed E-state index contributed by atoms with van der Waals surface area (Å²) in [5, 5.41) is 11.8. The molecule has 2 N–H and O–H groups in total. The van der Waals surface area contributed by atoms with Crippen LogP contribution in [0.5, 0.6) is 0 Å². The van der Waals surface area contributed by atoms with Gasteiger partial charge in [0.05, 0.1) is 24.3 Å². The van der Waals surface area contributed by atoms with E-state index >= 15 is 0 Å². The van der Waals surface area contributed by atoms with Crippen LogP contribution < -0.4 is 5.32 Å². The van der Waals surface area contributed by atoms with E-state index in [1.54, 1.807) is 13.0 Å². The van der Waals surface area contributed by atoms with Crippen LogP contribution in [-0.4, -0.2) is 30.2 Å². The number of hydrogen-bond donors (Lipinski definition) is 2. The number of anilines is 1. The Morgan fingerprint density at radius 1 is 1.32 bits per heavy atom. The van der Waals surface area contributed by atoms with Crippen molar-refractivity contribution in [1.82, 2.24) is 0 Å². The maximum absolute atomic E-state index is 11.7. The molecule has 0 aromatic heterocycles. The Morgan fingerprint density at radius 2 is 2.00 bits per heavy atom. The number of benzene rings is 1. The first-order valence-electron chi connectivity index (χ1n) is 6.17. The molecule has 0 heterocycles. The van der Waals surface area contributed by atoms with Gasteiger partial charge in [0.15, 0.2) is 0 Å². The zero-order valence-electron chi connectivity index (χ0n) is 11.4. The van der Waals surface area contributed by atoms with Crippen LogP contribution >= 0.6 is 0 Å². The van der Waals surface area contributed by atoms with Crippen molar-refractivity contribution in [2.24, 2.45) is 0 Å². The lowest BCUT2D eigenvalue weighted by atomic mass is 10.0. The van der Waals surface area contributed by atoms with E-state index in [1.165, 1.54) is 0 Å². The number of carboxylic acids is 1. The van der Waals surface area contributed by atoms with Crippen molar-refractivity contribution < 1.29 is 19.4 Å². The molecule has 0 unspecified atom stereocenters. The Bertz CT molecular complexity index is 483. The zero-order valence-corrected chi connectivity index (χ0v) is 11.4. The lowest BCUT2D eigenvalue weighted by Gasteiger charge is -2.12. The summed E-state index contributed by atoms with van der Waals surface area (Å²) in [5.41, 5.74) is 2.06. The molecule has 5 heteroatoms. The number of aryl methyl sites for hydroxylation is 2. The van der Waals surface area contributed by atoms with Crippen molar-refractivity contribution in [1.29, 1.82) is 0 Å². The highest BCUT2D eigenvalue weighted by Crippen LogP contribution is 2.23. The molecule has 1 rings (SSSR count). The topological polar surface area (TPSA) is 75.6 Å². The molecule has 104 valence electrons. The van der Waals surface area contributed by atoms with Crippen LogP contribution in [0.4, 0.5) is 5.69 Å². The summed E-state index contributed by atoms with van der Waals surface area (Å²) in [5.74, 6) is -1.30. The van der Waals surface area contributed by atoms with Crippen LogP contribution in [-0.2, 0) is 9.53 Å². The molecule has 1 aromatic carbocycles. The Morgan fingerprint density at radius 3 is 2.58 bits per heavy atom. The summed E-state index contributed by atoms with van der Waals surface area (Å²) in [6.07, 6.45) is 0.209. The molecule has 0 spiro atoms. The number of carbonyl (C=O) groups is 2. The maximum atomic E-state index is 11.7. The van der Waals surface area contributed by atoms with Gasteiger partial charge >= 0.3 is 5.97 Å². The molecular weight excluding hydrogens is 246 g/mol. The third-order valence-corrected chi connectivity index (χ3v) is 2.65. The van der Waals surface area contributed by atoms with Gasteiger partial charge in [-0.2, -0.15) is 0 Å². The van der Waals surface area contributed by atoms with E-state index in [-0.39, 0.29) is 17.9 Å². The van der Waals surface area contributed by atoms with Gasteiger partial charge in [0, 0.05) is 6.61 Å². The van der Waals surface area contributed by atoms with E-state index in [2.05, 4.69) is 5.32 Å². The molecule has 0 radical (unpaired) electrons. The molecule has 19 heavy (non-hydrogen) atoms. The summed E-state index contributed by atoms with van der Waals surface area (Å²) in [6.45, 7) is 6.33. The second-order valence-electron chi connectivity index (χ2n) is 4.30. The Hall–Kier alpha value is -1.88. The average molecular weight is 265 g/mol. The van der Waals surface area contributed by atoms with Crippen molar-refractivity contribution in [3.05, 3.63) is 28.8 Å². The summed E-state index contributed by atoms with van der Waals surface area (Å²) < 4.78 is 5.09. The van der Waals surface area contributed by atoms with Crippen molar-refractivity contribution in [3.8, 4) is 0 Å². The third-order valence-electron chi connectivity index (χ3n) is 2.65. The highest BCUT2D eigenvalue weighted by atomic mass is 16.5. The number of amides is 1. The highest BCUT2D eigenvalue weighted by molar-refractivity contribution is 6.01. The maximum Gasteiger partial charge on any atom is 0.337 e. The van der Waals surface area contributed by atoms with Crippen molar-refractivity contribution in [2.45, 2.75) is 27.2 Å². The van der Waals surface area contributed by atoms with Gasteiger partial charge in [-0.3, -0.25) is 4.79 Å². The van der Waals surface area contributed by atoms with E-state index in [0.29, 0.717) is 18.9 Å². The van der Waals surface area contributed by atoms with Crippen molar-refractivity contribution in [3.63, 3.8) is 0 Å². The lowest BCUT2D eigenvalue weighted by molar-refractivity contribution is -0.117. The number of ether oxygens (including phenoxy) is 1. The van der Waals surface area contributed by atoms with Gasteiger partial charge in [0.1, 0.15) is 0 Å². The Labute approximate surface area is 112 Å². The van der Waals surface area contributed by atoms with Crippen LogP contribution in [0.25, 0.3) is 0 Å². The largest absolute Gasteiger partial charge is 0.478 e. The molecule has 0 atom stereocenters. The number of carbonyl (C=O) groups excluding carboxylic acids is 1. The molecule has 1 amide bonds. The predicted octanol–water partition coefficient (Wildman–Crippen LogP) is 2.37. The molecule has 0 saturated carbocycles. The minimum atomic E-state index is -1.05. The monoisotopic (exact) mass is 265 g/mol. The Balaban J connectivity index is 2.88. The van der Waals surface area contributed by atoms with E-state index < -0.39 is 5.97 Å².